The van der Waals surface area contributed by atoms with Crippen molar-refractivity contribution in [3.8, 4) is 5.88 Å². The second-order valence-corrected chi connectivity index (χ2v) is 5.11. The first-order chi connectivity index (χ1) is 8.81. The minimum atomic E-state index is -4.46. The molecule has 0 fully saturated rings. The first-order valence-electron chi connectivity index (χ1n) is 5.29. The lowest BCUT2D eigenvalue weighted by Gasteiger charge is -2.17. The van der Waals surface area contributed by atoms with E-state index in [2.05, 4.69) is 15.4 Å². The molecule has 0 saturated carbocycles. The lowest BCUT2D eigenvalue weighted by atomic mass is 10.3. The topological polar surface area (TPSA) is 73.1 Å². The number of hydrazine groups is 1. The molecule has 2 rings (SSSR count). The molecule has 2 aromatic rings. The molecule has 19 heavy (non-hydrogen) atoms. The molecule has 0 aliphatic heterocycles. The number of anilines is 1. The quantitative estimate of drug-likeness (QED) is 0.672. The average molecular weight is 292 g/mol. The van der Waals surface area contributed by atoms with Crippen molar-refractivity contribution in [3.05, 3.63) is 10.9 Å². The number of fused-ring (bicyclic) bond motifs is 1. The number of rotatable bonds is 3. The van der Waals surface area contributed by atoms with E-state index in [1.54, 1.807) is 6.07 Å². The highest BCUT2D eigenvalue weighted by atomic mass is 32.1. The molecule has 2 aromatic heterocycles. The van der Waals surface area contributed by atoms with Gasteiger partial charge in [-0.25, -0.2) is 10.8 Å². The van der Waals surface area contributed by atoms with E-state index in [0.29, 0.717) is 10.2 Å². The third kappa shape index (κ3) is 2.87. The van der Waals surface area contributed by atoms with E-state index in [-0.39, 0.29) is 11.8 Å². The summed E-state index contributed by atoms with van der Waals surface area (Å²) >= 11 is 1.32. The summed E-state index contributed by atoms with van der Waals surface area (Å²) in [7, 11) is 0. The minimum Gasteiger partial charge on any atom is -0.464 e. The molecule has 0 aliphatic carbocycles. The number of thiophene rings is 1. The SMILES string of the molecule is Cc1cc2c(OC(C)C(F)(F)F)nc(NN)nc2s1. The molecule has 1 unspecified atom stereocenters. The number of aryl methyl sites for hydroxylation is 1. The molecule has 104 valence electrons. The van der Waals surface area contributed by atoms with Gasteiger partial charge in [0.25, 0.3) is 0 Å². The fraction of sp³-hybridized carbons (Fsp3) is 0.400. The van der Waals surface area contributed by atoms with Crippen LogP contribution >= 0.6 is 11.3 Å². The summed E-state index contributed by atoms with van der Waals surface area (Å²) in [4.78, 5) is 9.29. The standard InChI is InChI=1S/C10H11F3N4OS/c1-4-3-6-7(18-5(2)10(11,12)13)15-9(17-14)16-8(6)19-4/h3,5H,14H2,1-2H3,(H,15,16,17). The van der Waals surface area contributed by atoms with Crippen LogP contribution in [-0.4, -0.2) is 22.2 Å². The first kappa shape index (κ1) is 13.8. The first-order valence-corrected chi connectivity index (χ1v) is 6.11. The second-order valence-electron chi connectivity index (χ2n) is 3.87. The zero-order valence-corrected chi connectivity index (χ0v) is 10.9. The zero-order valence-electron chi connectivity index (χ0n) is 10.1. The summed E-state index contributed by atoms with van der Waals surface area (Å²) in [5.41, 5.74) is 2.20. The maximum absolute atomic E-state index is 12.5. The summed E-state index contributed by atoms with van der Waals surface area (Å²) in [5, 5.41) is 0.442. The highest BCUT2D eigenvalue weighted by molar-refractivity contribution is 7.18. The molecule has 1 atom stereocenters. The average Bonchev–Trinajstić information content (AvgIpc) is 2.68. The number of aromatic nitrogens is 2. The molecule has 0 saturated heterocycles. The highest BCUT2D eigenvalue weighted by Gasteiger charge is 2.38. The Morgan fingerprint density at radius 2 is 2.11 bits per heavy atom. The molecule has 0 bridgehead atoms. The third-order valence-corrected chi connectivity index (χ3v) is 3.30. The van der Waals surface area contributed by atoms with Gasteiger partial charge in [0.1, 0.15) is 4.83 Å². The van der Waals surface area contributed by atoms with E-state index in [9.17, 15) is 13.2 Å². The van der Waals surface area contributed by atoms with Crippen molar-refractivity contribution >= 4 is 27.5 Å². The van der Waals surface area contributed by atoms with Crippen LogP contribution in [0.1, 0.15) is 11.8 Å². The zero-order chi connectivity index (χ0) is 14.2. The molecular weight excluding hydrogens is 281 g/mol. The number of nitrogens with two attached hydrogens (primary N) is 1. The molecule has 3 N–H and O–H groups in total. The Balaban J connectivity index is 2.46. The van der Waals surface area contributed by atoms with Crippen molar-refractivity contribution in [3.63, 3.8) is 0 Å². The van der Waals surface area contributed by atoms with E-state index >= 15 is 0 Å². The normalized spacial score (nSPS) is 13.6. The van der Waals surface area contributed by atoms with Crippen LogP contribution in [0.4, 0.5) is 19.1 Å². The van der Waals surface area contributed by atoms with Crippen molar-refractivity contribution in [2.45, 2.75) is 26.1 Å². The van der Waals surface area contributed by atoms with E-state index in [4.69, 9.17) is 10.6 Å². The van der Waals surface area contributed by atoms with Crippen LogP contribution in [0.3, 0.4) is 0 Å². The molecule has 2 heterocycles. The molecular formula is C10H11F3N4OS. The van der Waals surface area contributed by atoms with Crippen LogP contribution in [0.2, 0.25) is 0 Å². The minimum absolute atomic E-state index is 0.0127. The Morgan fingerprint density at radius 1 is 1.42 bits per heavy atom. The van der Waals surface area contributed by atoms with Gasteiger partial charge in [0.2, 0.25) is 11.8 Å². The maximum Gasteiger partial charge on any atom is 0.425 e. The van der Waals surface area contributed by atoms with Crippen LogP contribution in [-0.2, 0) is 0 Å². The number of nitrogens with one attached hydrogen (secondary N) is 1. The molecule has 9 heteroatoms. The van der Waals surface area contributed by atoms with Crippen LogP contribution in [0, 0.1) is 6.92 Å². The highest BCUT2D eigenvalue weighted by Crippen LogP contribution is 2.33. The maximum atomic E-state index is 12.5. The van der Waals surface area contributed by atoms with Crippen molar-refractivity contribution in [2.24, 2.45) is 5.84 Å². The lowest BCUT2D eigenvalue weighted by Crippen LogP contribution is -2.31. The Kier molecular flexibility index (Phi) is 3.50. The van der Waals surface area contributed by atoms with Crippen LogP contribution in [0.25, 0.3) is 10.2 Å². The summed E-state index contributed by atoms with van der Waals surface area (Å²) in [5.74, 6) is 5.07. The summed E-state index contributed by atoms with van der Waals surface area (Å²) in [6.07, 6.45) is -6.42. The van der Waals surface area contributed by atoms with Gasteiger partial charge in [0.15, 0.2) is 6.10 Å². The van der Waals surface area contributed by atoms with Gasteiger partial charge in [0.05, 0.1) is 5.39 Å². The molecule has 0 amide bonds. The third-order valence-electron chi connectivity index (χ3n) is 2.36. The summed E-state index contributed by atoms with van der Waals surface area (Å²) < 4.78 is 42.4. The second kappa shape index (κ2) is 4.82. The van der Waals surface area contributed by atoms with Crippen molar-refractivity contribution < 1.29 is 17.9 Å². The predicted octanol–water partition coefficient (Wildman–Crippen LogP) is 2.61. The number of alkyl halides is 3. The largest absolute Gasteiger partial charge is 0.464 e. The van der Waals surface area contributed by atoms with Gasteiger partial charge in [-0.05, 0) is 19.9 Å². The number of hydrogen-bond acceptors (Lipinski definition) is 6. The van der Waals surface area contributed by atoms with Gasteiger partial charge in [-0.3, -0.25) is 5.43 Å². The number of hydrogen-bond donors (Lipinski definition) is 2. The van der Waals surface area contributed by atoms with E-state index in [1.165, 1.54) is 11.3 Å². The monoisotopic (exact) mass is 292 g/mol. The van der Waals surface area contributed by atoms with Gasteiger partial charge >= 0.3 is 6.18 Å². The summed E-state index contributed by atoms with van der Waals surface area (Å²) in [6, 6.07) is 1.68. The Labute approximate surface area is 110 Å². The lowest BCUT2D eigenvalue weighted by molar-refractivity contribution is -0.189. The Hall–Kier alpha value is -1.61. The van der Waals surface area contributed by atoms with E-state index in [0.717, 1.165) is 11.8 Å². The predicted molar refractivity (Wildman–Crippen MR) is 66.1 cm³/mol. The van der Waals surface area contributed by atoms with Gasteiger partial charge in [0, 0.05) is 4.88 Å². The fourth-order valence-corrected chi connectivity index (χ4v) is 2.27. The smallest absolute Gasteiger partial charge is 0.425 e. The Bertz CT molecular complexity index is 598. The number of nitrogen functional groups attached to an aromatic ring is 1. The molecule has 5 nitrogen and oxygen atoms in total. The number of halogens is 3. The van der Waals surface area contributed by atoms with Crippen LogP contribution in [0.5, 0.6) is 5.88 Å². The molecule has 0 aliphatic rings. The molecule has 0 spiro atoms. The van der Waals surface area contributed by atoms with Crippen LogP contribution in [0.15, 0.2) is 6.07 Å². The van der Waals surface area contributed by atoms with Gasteiger partial charge in [-0.1, -0.05) is 0 Å². The summed E-state index contributed by atoms with van der Waals surface area (Å²) in [6.45, 7) is 2.74. The van der Waals surface area contributed by atoms with Crippen molar-refractivity contribution in [1.29, 1.82) is 0 Å². The van der Waals surface area contributed by atoms with Crippen LogP contribution < -0.4 is 16.0 Å². The van der Waals surface area contributed by atoms with Crippen molar-refractivity contribution in [2.75, 3.05) is 5.43 Å². The molecule has 0 radical (unpaired) electrons. The van der Waals surface area contributed by atoms with E-state index in [1.807, 2.05) is 6.92 Å². The van der Waals surface area contributed by atoms with Gasteiger partial charge in [-0.2, -0.15) is 18.2 Å². The number of ether oxygens (including phenoxy) is 1. The Morgan fingerprint density at radius 3 is 2.68 bits per heavy atom. The van der Waals surface area contributed by atoms with Gasteiger partial charge in [-0.15, -0.1) is 11.3 Å². The fourth-order valence-electron chi connectivity index (χ4n) is 1.40. The number of nitrogens with zero attached hydrogens (tertiary/aromatic N) is 2. The van der Waals surface area contributed by atoms with E-state index < -0.39 is 12.3 Å². The van der Waals surface area contributed by atoms with Gasteiger partial charge < -0.3 is 4.74 Å². The van der Waals surface area contributed by atoms with Crippen molar-refractivity contribution in [1.82, 2.24) is 9.97 Å². The molecule has 0 aromatic carbocycles.